The molecule has 0 spiro atoms. The Hall–Kier alpha value is -2.00. The Kier molecular flexibility index (Phi) is 30.2. The topological polar surface area (TPSA) is 111 Å². The van der Waals surface area contributed by atoms with Gasteiger partial charge in [-0.2, -0.15) is 8.42 Å². The van der Waals surface area contributed by atoms with Gasteiger partial charge in [0.15, 0.2) is 17.6 Å². The van der Waals surface area contributed by atoms with Crippen LogP contribution in [0.15, 0.2) is 30.6 Å². The van der Waals surface area contributed by atoms with E-state index in [1.54, 1.807) is 0 Å². The third-order valence-electron chi connectivity index (χ3n) is 8.02. The molecule has 268 valence electrons. The summed E-state index contributed by atoms with van der Waals surface area (Å²) < 4.78 is 43.8. The third-order valence-corrected chi connectivity index (χ3v) is 9.10. The fraction of sp³-hybridized carbons (Fsp3) is 0.811. The minimum Gasteiger partial charge on any atom is -0.466 e. The van der Waals surface area contributed by atoms with Crippen LogP contribution in [0.25, 0.3) is 0 Å². The molecule has 0 saturated carbocycles. The first-order valence-electron chi connectivity index (χ1n) is 18.5. The molecule has 0 radical (unpaired) electrons. The standard InChI is InChI=1S/C21H38N.C16H30O7S/c1-2-3-4-5-6-7-8-9-10-11-12-13-14-16-19-22-20-17-15-18-21-22;1-3-5-7-9-11-22-15(17)13-14(24(19,20)21)16(18)23-12-10-8-6-4-2/h15,17-18,20-21H,2-14,16,19H2,1H3;14H,3-13H2,1-2H3,(H,19,20,21)/q+1;. The molecule has 0 fully saturated rings. The lowest BCUT2D eigenvalue weighted by Gasteiger charge is -2.13. The molecule has 1 unspecified atom stereocenters. The molecular formula is C37H68NO7S+. The number of unbranched alkanes of at least 4 members (excludes halogenated alkanes) is 19. The van der Waals surface area contributed by atoms with Crippen LogP contribution in [0.3, 0.4) is 0 Å². The minimum atomic E-state index is -4.72. The smallest absolute Gasteiger partial charge is 0.327 e. The Labute approximate surface area is 282 Å². The molecule has 1 rings (SSSR count). The second-order valence-corrected chi connectivity index (χ2v) is 14.0. The van der Waals surface area contributed by atoms with E-state index in [1.165, 1.54) is 96.4 Å². The van der Waals surface area contributed by atoms with Crippen LogP contribution in [0.4, 0.5) is 0 Å². The first-order chi connectivity index (χ1) is 22.3. The SMILES string of the molecule is CCCCCCCCCCCCCCCC[n+]1ccccc1.CCCCCCOC(=O)CC(C(=O)OCCCCCC)S(=O)(=O)O. The largest absolute Gasteiger partial charge is 0.466 e. The molecule has 1 aromatic heterocycles. The monoisotopic (exact) mass is 670 g/mol. The molecule has 0 aliphatic rings. The van der Waals surface area contributed by atoms with Gasteiger partial charge in [-0.05, 0) is 19.3 Å². The molecular weight excluding hydrogens is 602 g/mol. The van der Waals surface area contributed by atoms with E-state index in [4.69, 9.17) is 14.0 Å². The van der Waals surface area contributed by atoms with Crippen molar-refractivity contribution in [2.75, 3.05) is 13.2 Å². The normalized spacial score (nSPS) is 11.8. The second-order valence-electron chi connectivity index (χ2n) is 12.4. The quantitative estimate of drug-likeness (QED) is 0.0391. The number of carbonyl (C=O) groups is 2. The maximum atomic E-state index is 11.8. The molecule has 0 aliphatic heterocycles. The minimum absolute atomic E-state index is 0.0664. The predicted molar refractivity (Wildman–Crippen MR) is 187 cm³/mol. The van der Waals surface area contributed by atoms with Gasteiger partial charge in [0.25, 0.3) is 10.1 Å². The van der Waals surface area contributed by atoms with Crippen molar-refractivity contribution in [1.82, 2.24) is 0 Å². The summed E-state index contributed by atoms with van der Waals surface area (Å²) in [4.78, 5) is 23.5. The van der Waals surface area contributed by atoms with Gasteiger partial charge >= 0.3 is 11.9 Å². The number of aryl methyl sites for hydroxylation is 1. The van der Waals surface area contributed by atoms with E-state index < -0.39 is 33.7 Å². The second kappa shape index (κ2) is 31.6. The zero-order valence-electron chi connectivity index (χ0n) is 29.6. The first-order valence-corrected chi connectivity index (χ1v) is 20.0. The molecule has 0 bridgehead atoms. The Morgan fingerprint density at radius 3 is 1.41 bits per heavy atom. The highest BCUT2D eigenvalue weighted by Crippen LogP contribution is 2.13. The maximum Gasteiger partial charge on any atom is 0.327 e. The highest BCUT2D eigenvalue weighted by atomic mass is 32.2. The summed E-state index contributed by atoms with van der Waals surface area (Å²) in [5.74, 6) is -1.95. The number of carbonyl (C=O) groups excluding carboxylic acids is 2. The van der Waals surface area contributed by atoms with E-state index in [2.05, 4.69) is 49.0 Å². The molecule has 0 amide bonds. The van der Waals surface area contributed by atoms with Gasteiger partial charge in [0.1, 0.15) is 6.54 Å². The van der Waals surface area contributed by atoms with Crippen LogP contribution in [-0.4, -0.2) is 43.4 Å². The van der Waals surface area contributed by atoms with Crippen LogP contribution in [0, 0.1) is 0 Å². The van der Waals surface area contributed by atoms with Gasteiger partial charge in [-0.15, -0.1) is 0 Å². The molecule has 1 N–H and O–H groups in total. The Balaban J connectivity index is 0.000000883. The van der Waals surface area contributed by atoms with Gasteiger partial charge in [0.2, 0.25) is 0 Å². The first kappa shape index (κ1) is 44.0. The number of hydrogen-bond acceptors (Lipinski definition) is 6. The van der Waals surface area contributed by atoms with Crippen LogP contribution >= 0.6 is 0 Å². The van der Waals surface area contributed by atoms with Crippen molar-refractivity contribution in [1.29, 1.82) is 0 Å². The number of ether oxygens (including phenoxy) is 2. The summed E-state index contributed by atoms with van der Waals surface area (Å²) in [6, 6.07) is 6.31. The van der Waals surface area contributed by atoms with Crippen molar-refractivity contribution in [2.45, 2.75) is 180 Å². The van der Waals surface area contributed by atoms with Gasteiger partial charge in [-0.3, -0.25) is 14.1 Å². The van der Waals surface area contributed by atoms with Crippen LogP contribution in [0.1, 0.15) is 168 Å². The average Bonchev–Trinajstić information content (AvgIpc) is 3.03. The van der Waals surface area contributed by atoms with E-state index in [0.29, 0.717) is 12.8 Å². The van der Waals surface area contributed by atoms with E-state index in [9.17, 15) is 18.0 Å². The van der Waals surface area contributed by atoms with E-state index >= 15 is 0 Å². The van der Waals surface area contributed by atoms with Crippen molar-refractivity contribution < 1.29 is 36.6 Å². The molecule has 8 nitrogen and oxygen atoms in total. The number of rotatable bonds is 29. The molecule has 9 heteroatoms. The van der Waals surface area contributed by atoms with E-state index in [0.717, 1.165) is 38.5 Å². The molecule has 0 aromatic carbocycles. The van der Waals surface area contributed by atoms with Crippen LogP contribution in [-0.2, 0) is 35.7 Å². The van der Waals surface area contributed by atoms with Crippen molar-refractivity contribution in [3.05, 3.63) is 30.6 Å². The number of aromatic nitrogens is 1. The Bertz CT molecular complexity index is 940. The van der Waals surface area contributed by atoms with Crippen molar-refractivity contribution in [3.63, 3.8) is 0 Å². The molecule has 0 aliphatic carbocycles. The molecule has 1 aromatic rings. The number of nitrogens with zero attached hydrogens (tertiary/aromatic N) is 1. The summed E-state index contributed by atoms with van der Waals surface area (Å²) >= 11 is 0. The number of esters is 2. The van der Waals surface area contributed by atoms with Gasteiger partial charge in [-0.1, -0.05) is 142 Å². The van der Waals surface area contributed by atoms with Crippen LogP contribution in [0.5, 0.6) is 0 Å². The Morgan fingerprint density at radius 1 is 0.587 bits per heavy atom. The van der Waals surface area contributed by atoms with Gasteiger partial charge < -0.3 is 9.47 Å². The highest BCUT2D eigenvalue weighted by molar-refractivity contribution is 7.87. The summed E-state index contributed by atoms with van der Waals surface area (Å²) in [7, 11) is -4.72. The fourth-order valence-corrected chi connectivity index (χ4v) is 5.76. The number of pyridine rings is 1. The highest BCUT2D eigenvalue weighted by Gasteiger charge is 2.35. The summed E-state index contributed by atoms with van der Waals surface area (Å²) in [5, 5.41) is -1.92. The molecule has 1 atom stereocenters. The lowest BCUT2D eigenvalue weighted by Crippen LogP contribution is -2.34. The summed E-state index contributed by atoms with van der Waals surface area (Å²) in [5.41, 5.74) is 0. The van der Waals surface area contributed by atoms with Gasteiger partial charge in [0, 0.05) is 18.6 Å². The zero-order valence-corrected chi connectivity index (χ0v) is 30.4. The van der Waals surface area contributed by atoms with E-state index in [1.807, 2.05) is 6.92 Å². The maximum absolute atomic E-state index is 11.8. The van der Waals surface area contributed by atoms with Crippen molar-refractivity contribution >= 4 is 22.1 Å². The lowest BCUT2D eigenvalue weighted by molar-refractivity contribution is -0.697. The van der Waals surface area contributed by atoms with E-state index in [-0.39, 0.29) is 13.2 Å². The predicted octanol–water partition coefficient (Wildman–Crippen LogP) is 9.34. The lowest BCUT2D eigenvalue weighted by atomic mass is 10.0. The van der Waals surface area contributed by atoms with Crippen molar-refractivity contribution in [2.24, 2.45) is 0 Å². The van der Waals surface area contributed by atoms with Crippen LogP contribution in [0.2, 0.25) is 0 Å². The van der Waals surface area contributed by atoms with Crippen molar-refractivity contribution in [3.8, 4) is 0 Å². The zero-order chi connectivity index (χ0) is 34.1. The van der Waals surface area contributed by atoms with Gasteiger partial charge in [-0.25, -0.2) is 4.57 Å². The van der Waals surface area contributed by atoms with Gasteiger partial charge in [0.05, 0.1) is 19.6 Å². The number of hydrogen-bond donors (Lipinski definition) is 1. The average molecular weight is 671 g/mol. The Morgan fingerprint density at radius 2 is 0.978 bits per heavy atom. The molecule has 1 heterocycles. The third kappa shape index (κ3) is 28.2. The fourth-order valence-electron chi connectivity index (χ4n) is 5.10. The summed E-state index contributed by atoms with van der Waals surface area (Å²) in [6.45, 7) is 7.80. The molecule has 0 saturated heterocycles. The van der Waals surface area contributed by atoms with Crippen LogP contribution < -0.4 is 4.57 Å². The summed E-state index contributed by atoms with van der Waals surface area (Å²) in [6.07, 6.45) is 30.8. The molecule has 46 heavy (non-hydrogen) atoms.